The van der Waals surface area contributed by atoms with Gasteiger partial charge in [0.05, 0.1) is 6.61 Å². The van der Waals surface area contributed by atoms with Gasteiger partial charge in [-0.1, -0.05) is 11.6 Å². The van der Waals surface area contributed by atoms with Gasteiger partial charge in [0.2, 0.25) is 5.91 Å². The minimum Gasteiger partial charge on any atom is -0.493 e. The number of nitrogens with one attached hydrogen (secondary N) is 2. The molecule has 2 aromatic carbocycles. The number of halogens is 1. The van der Waals surface area contributed by atoms with E-state index in [0.29, 0.717) is 36.6 Å². The van der Waals surface area contributed by atoms with Crippen LogP contribution in [0, 0.1) is 0 Å². The predicted octanol–water partition coefficient (Wildman–Crippen LogP) is 3.42. The SMILES string of the molecule is O=C(CCCNC(=O)c1ccc(Cl)cc1)Nc1ccc2c(c1)CCO2. The third-order valence-corrected chi connectivity index (χ3v) is 4.20. The smallest absolute Gasteiger partial charge is 0.251 e. The zero-order valence-corrected chi connectivity index (χ0v) is 14.4. The van der Waals surface area contributed by atoms with Gasteiger partial charge in [-0.3, -0.25) is 9.59 Å². The zero-order chi connectivity index (χ0) is 17.6. The van der Waals surface area contributed by atoms with E-state index in [2.05, 4.69) is 10.6 Å². The molecule has 0 atom stereocenters. The number of hydrogen-bond acceptors (Lipinski definition) is 3. The van der Waals surface area contributed by atoms with Crippen molar-refractivity contribution in [3.8, 4) is 5.75 Å². The molecule has 25 heavy (non-hydrogen) atoms. The summed E-state index contributed by atoms with van der Waals surface area (Å²) in [6.07, 6.45) is 1.78. The van der Waals surface area contributed by atoms with Gasteiger partial charge in [-0.05, 0) is 54.4 Å². The van der Waals surface area contributed by atoms with Crippen LogP contribution >= 0.6 is 11.6 Å². The topological polar surface area (TPSA) is 67.4 Å². The second-order valence-electron chi connectivity index (χ2n) is 5.84. The number of rotatable bonds is 6. The maximum Gasteiger partial charge on any atom is 0.251 e. The van der Waals surface area contributed by atoms with E-state index in [9.17, 15) is 9.59 Å². The summed E-state index contributed by atoms with van der Waals surface area (Å²) in [5, 5.41) is 6.26. The lowest BCUT2D eigenvalue weighted by Crippen LogP contribution is -2.25. The fourth-order valence-electron chi connectivity index (χ4n) is 2.64. The molecule has 130 valence electrons. The standard InChI is InChI=1S/C19H19ClN2O3/c20-15-5-3-13(4-6-15)19(24)21-10-1-2-18(23)22-16-7-8-17-14(12-16)9-11-25-17/h3-8,12H,1-2,9-11H2,(H,21,24)(H,22,23). The molecule has 0 fully saturated rings. The Kier molecular flexibility index (Phi) is 5.56. The number of amides is 2. The molecular weight excluding hydrogens is 340 g/mol. The highest BCUT2D eigenvalue weighted by Crippen LogP contribution is 2.27. The summed E-state index contributed by atoms with van der Waals surface area (Å²) in [7, 11) is 0. The average molecular weight is 359 g/mol. The van der Waals surface area contributed by atoms with Crippen molar-refractivity contribution < 1.29 is 14.3 Å². The van der Waals surface area contributed by atoms with Gasteiger partial charge in [-0.2, -0.15) is 0 Å². The van der Waals surface area contributed by atoms with E-state index in [1.165, 1.54) is 0 Å². The van der Waals surface area contributed by atoms with Crippen molar-refractivity contribution >= 4 is 29.1 Å². The fraction of sp³-hybridized carbons (Fsp3) is 0.263. The number of fused-ring (bicyclic) bond motifs is 1. The van der Waals surface area contributed by atoms with Crippen LogP contribution in [0.2, 0.25) is 5.02 Å². The van der Waals surface area contributed by atoms with Crippen molar-refractivity contribution in [1.82, 2.24) is 5.32 Å². The first-order valence-electron chi connectivity index (χ1n) is 8.21. The van der Waals surface area contributed by atoms with Crippen LogP contribution in [0.5, 0.6) is 5.75 Å². The van der Waals surface area contributed by atoms with Crippen LogP contribution in [0.15, 0.2) is 42.5 Å². The van der Waals surface area contributed by atoms with Gasteiger partial charge in [-0.15, -0.1) is 0 Å². The van der Waals surface area contributed by atoms with Crippen LogP contribution in [0.4, 0.5) is 5.69 Å². The Bertz CT molecular complexity index is 775. The van der Waals surface area contributed by atoms with Gasteiger partial charge in [0.1, 0.15) is 5.75 Å². The largest absolute Gasteiger partial charge is 0.493 e. The Morgan fingerprint density at radius 3 is 2.72 bits per heavy atom. The molecule has 0 saturated carbocycles. The van der Waals surface area contributed by atoms with Crippen molar-refractivity contribution in [2.24, 2.45) is 0 Å². The monoisotopic (exact) mass is 358 g/mol. The molecule has 0 aliphatic carbocycles. The first kappa shape index (κ1) is 17.3. The minimum atomic E-state index is -0.171. The van der Waals surface area contributed by atoms with E-state index in [0.717, 1.165) is 23.4 Å². The van der Waals surface area contributed by atoms with Crippen LogP contribution < -0.4 is 15.4 Å². The highest BCUT2D eigenvalue weighted by molar-refractivity contribution is 6.30. The Hall–Kier alpha value is -2.53. The molecule has 5 nitrogen and oxygen atoms in total. The molecule has 1 heterocycles. The van der Waals surface area contributed by atoms with E-state index in [1.807, 2.05) is 18.2 Å². The Balaban J connectivity index is 1.39. The lowest BCUT2D eigenvalue weighted by atomic mass is 10.1. The zero-order valence-electron chi connectivity index (χ0n) is 13.7. The van der Waals surface area contributed by atoms with E-state index < -0.39 is 0 Å². The second-order valence-corrected chi connectivity index (χ2v) is 6.27. The molecule has 0 spiro atoms. The average Bonchev–Trinajstić information content (AvgIpc) is 3.07. The van der Waals surface area contributed by atoms with Crippen molar-refractivity contribution in [2.75, 3.05) is 18.5 Å². The van der Waals surface area contributed by atoms with E-state index in [-0.39, 0.29) is 11.8 Å². The molecule has 2 amide bonds. The van der Waals surface area contributed by atoms with Crippen LogP contribution in [0.3, 0.4) is 0 Å². The predicted molar refractivity (Wildman–Crippen MR) is 97.3 cm³/mol. The second kappa shape index (κ2) is 8.03. The Labute approximate surface area is 151 Å². The van der Waals surface area contributed by atoms with Gasteiger partial charge in [0, 0.05) is 35.7 Å². The van der Waals surface area contributed by atoms with Gasteiger partial charge in [-0.25, -0.2) is 0 Å². The molecule has 0 saturated heterocycles. The van der Waals surface area contributed by atoms with Crippen LogP contribution in [-0.2, 0) is 11.2 Å². The normalized spacial score (nSPS) is 12.2. The quantitative estimate of drug-likeness (QED) is 0.777. The summed E-state index contributed by atoms with van der Waals surface area (Å²) >= 11 is 5.79. The summed E-state index contributed by atoms with van der Waals surface area (Å²) < 4.78 is 5.44. The van der Waals surface area contributed by atoms with Gasteiger partial charge in [0.15, 0.2) is 0 Å². The fourth-order valence-corrected chi connectivity index (χ4v) is 2.77. The maximum atomic E-state index is 12.0. The molecule has 2 aromatic rings. The third kappa shape index (κ3) is 4.73. The van der Waals surface area contributed by atoms with Crippen molar-refractivity contribution in [3.05, 3.63) is 58.6 Å². The van der Waals surface area contributed by atoms with Crippen LogP contribution in [0.1, 0.15) is 28.8 Å². The highest BCUT2D eigenvalue weighted by Gasteiger charge is 2.13. The van der Waals surface area contributed by atoms with E-state index in [4.69, 9.17) is 16.3 Å². The van der Waals surface area contributed by atoms with Crippen LogP contribution in [0.25, 0.3) is 0 Å². The number of carbonyl (C=O) groups is 2. The number of hydrogen-bond donors (Lipinski definition) is 2. The molecule has 0 aromatic heterocycles. The third-order valence-electron chi connectivity index (χ3n) is 3.95. The first-order valence-corrected chi connectivity index (χ1v) is 8.59. The van der Waals surface area contributed by atoms with Gasteiger partial charge < -0.3 is 15.4 Å². The minimum absolute atomic E-state index is 0.0698. The summed E-state index contributed by atoms with van der Waals surface area (Å²) in [6.45, 7) is 1.13. The molecule has 0 bridgehead atoms. The summed E-state index contributed by atoms with van der Waals surface area (Å²) in [5.74, 6) is 0.651. The molecule has 0 radical (unpaired) electrons. The first-order chi connectivity index (χ1) is 12.1. The van der Waals surface area contributed by atoms with Crippen LogP contribution in [-0.4, -0.2) is 25.0 Å². The summed E-state index contributed by atoms with van der Waals surface area (Å²) in [6, 6.07) is 12.3. The molecule has 0 unspecified atom stereocenters. The molecule has 1 aliphatic heterocycles. The molecule has 1 aliphatic rings. The van der Waals surface area contributed by atoms with E-state index >= 15 is 0 Å². The lowest BCUT2D eigenvalue weighted by Gasteiger charge is -2.08. The van der Waals surface area contributed by atoms with Crippen molar-refractivity contribution in [3.63, 3.8) is 0 Å². The van der Waals surface area contributed by atoms with Crippen molar-refractivity contribution in [1.29, 1.82) is 0 Å². The van der Waals surface area contributed by atoms with Gasteiger partial charge >= 0.3 is 0 Å². The maximum absolute atomic E-state index is 12.0. The van der Waals surface area contributed by atoms with Gasteiger partial charge in [0.25, 0.3) is 5.91 Å². The summed E-state index contributed by atoms with van der Waals surface area (Å²) in [4.78, 5) is 23.9. The number of carbonyl (C=O) groups excluding carboxylic acids is 2. The van der Waals surface area contributed by atoms with Crippen molar-refractivity contribution in [2.45, 2.75) is 19.3 Å². The lowest BCUT2D eigenvalue weighted by molar-refractivity contribution is -0.116. The molecule has 6 heteroatoms. The Morgan fingerprint density at radius 1 is 1.12 bits per heavy atom. The molecule has 2 N–H and O–H groups in total. The molecule has 3 rings (SSSR count). The Morgan fingerprint density at radius 2 is 1.92 bits per heavy atom. The molecular formula is C19H19ClN2O3. The number of anilines is 1. The van der Waals surface area contributed by atoms with E-state index in [1.54, 1.807) is 24.3 Å². The summed E-state index contributed by atoms with van der Waals surface area (Å²) in [5.41, 5.74) is 2.45. The number of ether oxygens (including phenoxy) is 1. The highest BCUT2D eigenvalue weighted by atomic mass is 35.5. The number of benzene rings is 2.